The Labute approximate surface area is 163 Å². The van der Waals surface area contributed by atoms with E-state index in [0.29, 0.717) is 0 Å². The number of hydrogen-bond acceptors (Lipinski definition) is 9. The average Bonchev–Trinajstić information content (AvgIpc) is 3.13. The number of hydrogen-bond donors (Lipinski definition) is 1. The first-order chi connectivity index (χ1) is 13.2. The molecule has 2 N–H and O–H groups in total. The van der Waals surface area contributed by atoms with Crippen LogP contribution in [-0.2, 0) is 23.8 Å². The number of alkyl halides is 1. The molecule has 4 atom stereocenters. The van der Waals surface area contributed by atoms with Gasteiger partial charge in [0.25, 0.3) is 5.67 Å². The van der Waals surface area contributed by atoms with Crippen LogP contribution in [0.15, 0.2) is 6.33 Å². The van der Waals surface area contributed by atoms with Gasteiger partial charge in [0, 0.05) is 13.8 Å². The summed E-state index contributed by atoms with van der Waals surface area (Å²) in [5, 5.41) is -0.0441. The highest BCUT2D eigenvalue weighted by atomic mass is 35.5. The van der Waals surface area contributed by atoms with Gasteiger partial charge in [-0.1, -0.05) is 17.5 Å². The van der Waals surface area contributed by atoms with Crippen molar-refractivity contribution in [1.82, 2.24) is 19.5 Å². The first-order valence-corrected chi connectivity index (χ1v) is 8.33. The van der Waals surface area contributed by atoms with Gasteiger partial charge in [0.1, 0.15) is 18.2 Å². The molecular formula is C16H15ClFN5O5. The SMILES string of the molecule is C#CC1(F)[C@@H](OC(C)=O)[C@@H](COC(C)=O)O[C@H]1n1cnc2c(Cl)nc(N)nc21. The summed E-state index contributed by atoms with van der Waals surface area (Å²) in [4.78, 5) is 34.4. The molecule has 0 spiro atoms. The molecule has 148 valence electrons. The molecule has 0 bridgehead atoms. The largest absolute Gasteiger partial charge is 0.463 e. The fourth-order valence-electron chi connectivity index (χ4n) is 2.90. The maximum Gasteiger partial charge on any atom is 0.303 e. The molecule has 1 aliphatic heterocycles. The van der Waals surface area contributed by atoms with Gasteiger partial charge in [-0.05, 0) is 0 Å². The van der Waals surface area contributed by atoms with Crippen LogP contribution in [-0.4, -0.2) is 55.9 Å². The van der Waals surface area contributed by atoms with Crippen LogP contribution in [0.1, 0.15) is 20.1 Å². The molecule has 0 radical (unpaired) electrons. The standard InChI is InChI=1S/C16H15ClFN5O5/c1-4-16(18)11(27-8(3)25)9(5-26-7(2)24)28-14(16)23-6-20-10-12(17)21-15(19)22-13(10)23/h1,6,9,11,14H,5H2,2-3H3,(H2,19,21,22)/t9-,11+,14-,16?/m1/s1. The summed E-state index contributed by atoms with van der Waals surface area (Å²) in [6, 6.07) is 0. The number of anilines is 1. The number of nitrogens with zero attached hydrogens (tertiary/aromatic N) is 4. The van der Waals surface area contributed by atoms with Gasteiger partial charge >= 0.3 is 11.9 Å². The van der Waals surface area contributed by atoms with Crippen LogP contribution in [0, 0.1) is 12.3 Å². The molecule has 0 aromatic carbocycles. The van der Waals surface area contributed by atoms with Gasteiger partial charge in [-0.15, -0.1) is 6.42 Å². The molecule has 2 aromatic heterocycles. The molecule has 1 fully saturated rings. The van der Waals surface area contributed by atoms with Gasteiger partial charge in [0.2, 0.25) is 5.95 Å². The number of imidazole rings is 1. The first-order valence-electron chi connectivity index (χ1n) is 7.95. The van der Waals surface area contributed by atoms with Crippen molar-refractivity contribution in [2.24, 2.45) is 0 Å². The number of aromatic nitrogens is 4. The molecule has 28 heavy (non-hydrogen) atoms. The summed E-state index contributed by atoms with van der Waals surface area (Å²) in [6.07, 6.45) is 2.39. The summed E-state index contributed by atoms with van der Waals surface area (Å²) in [7, 11) is 0. The van der Waals surface area contributed by atoms with E-state index < -0.39 is 36.0 Å². The third-order valence-corrected chi connectivity index (χ3v) is 4.29. The van der Waals surface area contributed by atoms with Gasteiger partial charge in [-0.25, -0.2) is 9.37 Å². The first kappa shape index (κ1) is 19.8. The van der Waals surface area contributed by atoms with Crippen molar-refractivity contribution >= 4 is 40.7 Å². The maximum absolute atomic E-state index is 15.9. The zero-order valence-electron chi connectivity index (χ0n) is 14.8. The molecule has 1 unspecified atom stereocenters. The van der Waals surface area contributed by atoms with E-state index in [0.717, 1.165) is 6.92 Å². The van der Waals surface area contributed by atoms with Crippen LogP contribution in [0.5, 0.6) is 0 Å². The molecule has 10 nitrogen and oxygen atoms in total. The number of nitrogens with two attached hydrogens (primary N) is 1. The Hall–Kier alpha value is -2.97. The van der Waals surface area contributed by atoms with Crippen molar-refractivity contribution < 1.29 is 28.2 Å². The van der Waals surface area contributed by atoms with Crippen LogP contribution >= 0.6 is 11.6 Å². The Morgan fingerprint density at radius 1 is 1.46 bits per heavy atom. The number of terminal acetylenes is 1. The van der Waals surface area contributed by atoms with Gasteiger partial charge in [0.15, 0.2) is 23.1 Å². The fraction of sp³-hybridized carbons (Fsp3) is 0.438. The monoisotopic (exact) mass is 411 g/mol. The van der Waals surface area contributed by atoms with Crippen LogP contribution in [0.2, 0.25) is 5.15 Å². The van der Waals surface area contributed by atoms with E-state index in [1.54, 1.807) is 0 Å². The van der Waals surface area contributed by atoms with E-state index in [2.05, 4.69) is 15.0 Å². The lowest BCUT2D eigenvalue weighted by molar-refractivity contribution is -0.157. The zero-order valence-corrected chi connectivity index (χ0v) is 15.5. The quantitative estimate of drug-likeness (QED) is 0.440. The van der Waals surface area contributed by atoms with Gasteiger partial charge in [0.05, 0.1) is 6.33 Å². The third-order valence-electron chi connectivity index (χ3n) is 4.03. The topological polar surface area (TPSA) is 131 Å². The Morgan fingerprint density at radius 3 is 2.79 bits per heavy atom. The molecule has 1 aliphatic rings. The highest BCUT2D eigenvalue weighted by molar-refractivity contribution is 6.33. The predicted octanol–water partition coefficient (Wildman–Crippen LogP) is 0.796. The van der Waals surface area contributed by atoms with E-state index >= 15 is 4.39 Å². The molecule has 3 heterocycles. The molecular weight excluding hydrogens is 397 g/mol. The van der Waals surface area contributed by atoms with E-state index in [4.69, 9.17) is 38.0 Å². The molecule has 2 aromatic rings. The number of esters is 2. The third kappa shape index (κ3) is 3.32. The predicted molar refractivity (Wildman–Crippen MR) is 93.5 cm³/mol. The number of nitrogen functional groups attached to an aromatic ring is 1. The summed E-state index contributed by atoms with van der Waals surface area (Å²) < 4.78 is 32.6. The van der Waals surface area contributed by atoms with E-state index in [-0.39, 0.29) is 28.9 Å². The van der Waals surface area contributed by atoms with E-state index in [9.17, 15) is 9.59 Å². The van der Waals surface area contributed by atoms with Crippen molar-refractivity contribution in [2.45, 2.75) is 38.0 Å². The van der Waals surface area contributed by atoms with Crippen molar-refractivity contribution in [3.05, 3.63) is 11.5 Å². The lowest BCUT2D eigenvalue weighted by Gasteiger charge is -2.26. The zero-order chi connectivity index (χ0) is 20.6. The maximum atomic E-state index is 15.9. The number of carbonyl (C=O) groups is 2. The Bertz CT molecular complexity index is 992. The van der Waals surface area contributed by atoms with E-state index in [1.807, 2.05) is 5.92 Å². The van der Waals surface area contributed by atoms with Gasteiger partial charge in [-0.2, -0.15) is 9.97 Å². The van der Waals surface area contributed by atoms with Gasteiger partial charge in [-0.3, -0.25) is 14.2 Å². The number of fused-ring (bicyclic) bond motifs is 1. The van der Waals surface area contributed by atoms with Crippen molar-refractivity contribution in [3.63, 3.8) is 0 Å². The lowest BCUT2D eigenvalue weighted by atomic mass is 9.96. The van der Waals surface area contributed by atoms with Crippen LogP contribution in [0.4, 0.5) is 10.3 Å². The normalized spacial score (nSPS) is 26.8. The number of halogens is 2. The lowest BCUT2D eigenvalue weighted by Crippen LogP contribution is -2.45. The average molecular weight is 412 g/mol. The van der Waals surface area contributed by atoms with Crippen molar-refractivity contribution in [3.8, 4) is 12.3 Å². The second-order valence-electron chi connectivity index (χ2n) is 5.97. The number of ether oxygens (including phenoxy) is 3. The molecule has 0 saturated carbocycles. The number of rotatable bonds is 4. The smallest absolute Gasteiger partial charge is 0.303 e. The van der Waals surface area contributed by atoms with Crippen LogP contribution in [0.25, 0.3) is 11.2 Å². The highest BCUT2D eigenvalue weighted by Gasteiger charge is 2.60. The Kier molecular flexibility index (Phi) is 5.10. The Balaban J connectivity index is 2.08. The van der Waals surface area contributed by atoms with E-state index in [1.165, 1.54) is 17.8 Å². The van der Waals surface area contributed by atoms with Crippen LogP contribution in [0.3, 0.4) is 0 Å². The molecule has 3 rings (SSSR count). The van der Waals surface area contributed by atoms with Gasteiger partial charge < -0.3 is 19.9 Å². The highest BCUT2D eigenvalue weighted by Crippen LogP contribution is 2.44. The fourth-order valence-corrected chi connectivity index (χ4v) is 3.12. The second-order valence-corrected chi connectivity index (χ2v) is 6.33. The second kappa shape index (κ2) is 7.21. The summed E-state index contributed by atoms with van der Waals surface area (Å²) in [5.74, 6) is 0.396. The minimum absolute atomic E-state index is 0.0441. The van der Waals surface area contributed by atoms with Crippen molar-refractivity contribution in [1.29, 1.82) is 0 Å². The molecule has 0 amide bonds. The Morgan fingerprint density at radius 2 is 2.18 bits per heavy atom. The van der Waals surface area contributed by atoms with Crippen LogP contribution < -0.4 is 5.73 Å². The van der Waals surface area contributed by atoms with Crippen molar-refractivity contribution in [2.75, 3.05) is 12.3 Å². The minimum atomic E-state index is -2.63. The summed E-state index contributed by atoms with van der Waals surface area (Å²) >= 11 is 5.99. The number of carbonyl (C=O) groups excluding carboxylic acids is 2. The minimum Gasteiger partial charge on any atom is -0.463 e. The molecule has 0 aliphatic carbocycles. The summed E-state index contributed by atoms with van der Waals surface area (Å²) in [5.41, 5.74) is 3.18. The summed E-state index contributed by atoms with van der Waals surface area (Å²) in [6.45, 7) is 1.87. The molecule has 1 saturated heterocycles. The molecule has 12 heteroatoms.